The van der Waals surface area contributed by atoms with E-state index in [9.17, 15) is 0 Å². The van der Waals surface area contributed by atoms with Gasteiger partial charge in [-0.2, -0.15) is 0 Å². The second-order valence-electron chi connectivity index (χ2n) is 7.78. The zero-order valence-corrected chi connectivity index (χ0v) is 14.1. The van der Waals surface area contributed by atoms with Crippen LogP contribution in [0.2, 0.25) is 0 Å². The van der Waals surface area contributed by atoms with Crippen molar-refractivity contribution >= 4 is 0 Å². The lowest BCUT2D eigenvalue weighted by Crippen LogP contribution is -2.37. The summed E-state index contributed by atoms with van der Waals surface area (Å²) in [6, 6.07) is 1.34. The lowest BCUT2D eigenvalue weighted by molar-refractivity contribution is 0.183. The predicted molar refractivity (Wildman–Crippen MR) is 85.6 cm³/mol. The summed E-state index contributed by atoms with van der Waals surface area (Å²) in [5, 5.41) is 3.54. The summed E-state index contributed by atoms with van der Waals surface area (Å²) in [6.07, 6.45) is 5.45. The molecule has 0 aromatic rings. The van der Waals surface area contributed by atoms with Crippen molar-refractivity contribution in [3.8, 4) is 0 Å². The largest absolute Gasteiger partial charge is 0.314 e. The van der Waals surface area contributed by atoms with Crippen molar-refractivity contribution in [2.75, 3.05) is 19.6 Å². The minimum Gasteiger partial charge on any atom is -0.314 e. The van der Waals surface area contributed by atoms with E-state index in [2.05, 4.69) is 51.8 Å². The zero-order chi connectivity index (χ0) is 14.5. The minimum absolute atomic E-state index is 0.485. The Bertz CT molecular complexity index is 242. The van der Waals surface area contributed by atoms with Crippen molar-refractivity contribution in [2.24, 2.45) is 11.3 Å². The normalized spacial score (nSPS) is 24.5. The molecule has 0 aliphatic carbocycles. The van der Waals surface area contributed by atoms with Gasteiger partial charge in [-0.15, -0.1) is 0 Å². The van der Waals surface area contributed by atoms with Crippen LogP contribution in [0.3, 0.4) is 0 Å². The minimum atomic E-state index is 0.485. The van der Waals surface area contributed by atoms with E-state index in [1.165, 1.54) is 38.8 Å². The van der Waals surface area contributed by atoms with Crippen LogP contribution in [0.1, 0.15) is 67.2 Å². The molecule has 0 saturated carbocycles. The Morgan fingerprint density at radius 1 is 1.11 bits per heavy atom. The molecule has 1 aliphatic rings. The zero-order valence-electron chi connectivity index (χ0n) is 14.1. The average molecular weight is 268 g/mol. The molecule has 2 nitrogen and oxygen atoms in total. The molecule has 1 aliphatic heterocycles. The Balaban J connectivity index is 2.35. The smallest absolute Gasteiger partial charge is 0.00790 e. The van der Waals surface area contributed by atoms with Crippen LogP contribution in [0.25, 0.3) is 0 Å². The maximum Gasteiger partial charge on any atom is 0.00790 e. The van der Waals surface area contributed by atoms with Crippen LogP contribution >= 0.6 is 0 Å². The first kappa shape index (κ1) is 17.0. The first-order valence-electron chi connectivity index (χ1n) is 8.28. The van der Waals surface area contributed by atoms with Gasteiger partial charge in [0, 0.05) is 12.1 Å². The van der Waals surface area contributed by atoms with E-state index < -0.39 is 0 Å². The van der Waals surface area contributed by atoms with Crippen LogP contribution in [0.4, 0.5) is 0 Å². The first-order valence-corrected chi connectivity index (χ1v) is 8.28. The summed E-state index contributed by atoms with van der Waals surface area (Å²) in [7, 11) is 0. The molecule has 0 radical (unpaired) electrons. The van der Waals surface area contributed by atoms with E-state index in [0.717, 1.165) is 18.5 Å². The van der Waals surface area contributed by atoms with Gasteiger partial charge in [-0.25, -0.2) is 0 Å². The maximum atomic E-state index is 3.54. The van der Waals surface area contributed by atoms with Crippen LogP contribution < -0.4 is 5.32 Å². The second-order valence-corrected chi connectivity index (χ2v) is 7.78. The van der Waals surface area contributed by atoms with E-state index >= 15 is 0 Å². The van der Waals surface area contributed by atoms with Crippen molar-refractivity contribution < 1.29 is 0 Å². The molecule has 0 aromatic carbocycles. The molecule has 114 valence electrons. The fraction of sp³-hybridized carbons (Fsp3) is 1.00. The van der Waals surface area contributed by atoms with E-state index in [-0.39, 0.29) is 0 Å². The van der Waals surface area contributed by atoms with Crippen LogP contribution in [0, 0.1) is 11.3 Å². The molecule has 2 atom stereocenters. The highest BCUT2D eigenvalue weighted by molar-refractivity contribution is 4.80. The van der Waals surface area contributed by atoms with Gasteiger partial charge < -0.3 is 10.2 Å². The summed E-state index contributed by atoms with van der Waals surface area (Å²) < 4.78 is 0. The Morgan fingerprint density at radius 2 is 1.79 bits per heavy atom. The topological polar surface area (TPSA) is 15.3 Å². The van der Waals surface area contributed by atoms with Crippen LogP contribution in [0.5, 0.6) is 0 Å². The van der Waals surface area contributed by atoms with Gasteiger partial charge in [0.15, 0.2) is 0 Å². The maximum absolute atomic E-state index is 3.54. The van der Waals surface area contributed by atoms with Crippen molar-refractivity contribution in [1.82, 2.24) is 10.2 Å². The van der Waals surface area contributed by atoms with E-state index in [1.54, 1.807) is 0 Å². The number of hydrogen-bond donors (Lipinski definition) is 1. The van der Waals surface area contributed by atoms with Gasteiger partial charge in [0.25, 0.3) is 0 Å². The first-order chi connectivity index (χ1) is 8.80. The van der Waals surface area contributed by atoms with Crippen molar-refractivity contribution in [1.29, 1.82) is 0 Å². The molecule has 1 saturated heterocycles. The molecular weight excluding hydrogens is 232 g/mol. The lowest BCUT2D eigenvalue weighted by atomic mass is 9.77. The fourth-order valence-electron chi connectivity index (χ4n) is 3.19. The Morgan fingerprint density at radius 3 is 2.37 bits per heavy atom. The summed E-state index contributed by atoms with van der Waals surface area (Å²) in [5.74, 6) is 0.901. The molecular formula is C17H36N2. The van der Waals surface area contributed by atoms with Crippen molar-refractivity contribution in [3.05, 3.63) is 0 Å². The molecule has 0 amide bonds. The van der Waals surface area contributed by atoms with Crippen LogP contribution in [-0.4, -0.2) is 36.6 Å². The number of hydrogen-bond acceptors (Lipinski definition) is 2. The van der Waals surface area contributed by atoms with Gasteiger partial charge in [-0.05, 0) is 63.6 Å². The highest BCUT2D eigenvalue weighted by atomic mass is 15.1. The van der Waals surface area contributed by atoms with Gasteiger partial charge in [-0.1, -0.05) is 34.6 Å². The van der Waals surface area contributed by atoms with E-state index in [0.29, 0.717) is 11.5 Å². The highest BCUT2D eigenvalue weighted by Gasteiger charge is 2.28. The van der Waals surface area contributed by atoms with Gasteiger partial charge in [-0.3, -0.25) is 0 Å². The SMILES string of the molecule is CC(C)NCCC(C)N1CCCC(C(C)(C)C)CC1. The quantitative estimate of drug-likeness (QED) is 0.813. The molecule has 2 heteroatoms. The number of nitrogens with one attached hydrogen (secondary N) is 1. The highest BCUT2D eigenvalue weighted by Crippen LogP contribution is 2.34. The standard InChI is InChI=1S/C17H36N2/c1-14(2)18-11-9-15(3)19-12-7-8-16(10-13-19)17(4,5)6/h14-16,18H,7-13H2,1-6H3. The second kappa shape index (κ2) is 7.64. The molecule has 1 heterocycles. The summed E-state index contributed by atoms with van der Waals surface area (Å²) in [5.41, 5.74) is 0.485. The van der Waals surface area contributed by atoms with Gasteiger partial charge >= 0.3 is 0 Å². The van der Waals surface area contributed by atoms with Gasteiger partial charge in [0.2, 0.25) is 0 Å². The molecule has 1 rings (SSSR count). The molecule has 1 N–H and O–H groups in total. The summed E-state index contributed by atoms with van der Waals surface area (Å²) in [6.45, 7) is 17.8. The van der Waals surface area contributed by atoms with Gasteiger partial charge in [0.05, 0.1) is 0 Å². The Kier molecular flexibility index (Phi) is 6.82. The Hall–Kier alpha value is -0.0800. The molecule has 1 fully saturated rings. The number of nitrogens with zero attached hydrogens (tertiary/aromatic N) is 1. The summed E-state index contributed by atoms with van der Waals surface area (Å²) >= 11 is 0. The molecule has 0 spiro atoms. The number of likely N-dealkylation sites (tertiary alicyclic amines) is 1. The van der Waals surface area contributed by atoms with Gasteiger partial charge in [0.1, 0.15) is 0 Å². The third-order valence-electron chi connectivity index (χ3n) is 4.73. The molecule has 0 bridgehead atoms. The third-order valence-corrected chi connectivity index (χ3v) is 4.73. The monoisotopic (exact) mass is 268 g/mol. The lowest BCUT2D eigenvalue weighted by Gasteiger charge is -2.31. The van der Waals surface area contributed by atoms with Crippen LogP contribution in [0.15, 0.2) is 0 Å². The Labute approximate surface area is 121 Å². The molecule has 2 unspecified atom stereocenters. The van der Waals surface area contributed by atoms with Crippen molar-refractivity contribution in [3.63, 3.8) is 0 Å². The predicted octanol–water partition coefficient (Wildman–Crippen LogP) is 3.91. The molecule has 19 heavy (non-hydrogen) atoms. The van der Waals surface area contributed by atoms with E-state index in [4.69, 9.17) is 0 Å². The van der Waals surface area contributed by atoms with E-state index in [1.807, 2.05) is 0 Å². The fourth-order valence-corrected chi connectivity index (χ4v) is 3.19. The number of rotatable bonds is 5. The summed E-state index contributed by atoms with van der Waals surface area (Å²) in [4.78, 5) is 2.72. The third kappa shape index (κ3) is 6.27. The average Bonchev–Trinajstić information content (AvgIpc) is 2.52. The van der Waals surface area contributed by atoms with Crippen LogP contribution in [-0.2, 0) is 0 Å². The molecule has 0 aromatic heterocycles. The van der Waals surface area contributed by atoms with Crippen molar-refractivity contribution in [2.45, 2.75) is 79.3 Å².